The van der Waals surface area contributed by atoms with E-state index in [1.54, 1.807) is 0 Å². The summed E-state index contributed by atoms with van der Waals surface area (Å²) < 4.78 is 0. The summed E-state index contributed by atoms with van der Waals surface area (Å²) in [5.41, 5.74) is 1.73. The molecule has 1 aromatic heterocycles. The smallest absolute Gasteiger partial charge is 0.272 e. The van der Waals surface area contributed by atoms with Gasteiger partial charge in [0.15, 0.2) is 0 Å². The molecule has 5 heteroatoms. The van der Waals surface area contributed by atoms with Crippen LogP contribution in [0, 0.1) is 0 Å². The Hall–Kier alpha value is -1.62. The van der Waals surface area contributed by atoms with Crippen molar-refractivity contribution in [3.05, 3.63) is 24.0 Å². The number of piperazine rings is 1. The summed E-state index contributed by atoms with van der Waals surface area (Å²) in [6.07, 6.45) is 7.03. The minimum absolute atomic E-state index is 0.0724. The summed E-state index contributed by atoms with van der Waals surface area (Å²) in [5, 5.41) is 0. The monoisotopic (exact) mass is 316 g/mol. The lowest BCUT2D eigenvalue weighted by molar-refractivity contribution is 0.0637. The van der Waals surface area contributed by atoms with Gasteiger partial charge >= 0.3 is 0 Å². The van der Waals surface area contributed by atoms with Gasteiger partial charge in [0.25, 0.3) is 5.91 Å². The zero-order valence-electron chi connectivity index (χ0n) is 14.2. The molecule has 1 aromatic rings. The number of amides is 1. The third-order valence-electron chi connectivity index (χ3n) is 5.04. The highest BCUT2D eigenvalue weighted by atomic mass is 16.2. The summed E-state index contributed by atoms with van der Waals surface area (Å²) in [7, 11) is 0. The van der Waals surface area contributed by atoms with Crippen molar-refractivity contribution in [1.82, 2.24) is 14.8 Å². The molecule has 3 rings (SSSR count). The average molecular weight is 316 g/mol. The Labute approximate surface area is 139 Å². The van der Waals surface area contributed by atoms with E-state index in [0.29, 0.717) is 5.69 Å². The molecule has 1 amide bonds. The van der Waals surface area contributed by atoms with E-state index in [9.17, 15) is 4.79 Å². The Morgan fingerprint density at radius 3 is 2.26 bits per heavy atom. The zero-order chi connectivity index (χ0) is 16.1. The Morgan fingerprint density at radius 2 is 1.70 bits per heavy atom. The van der Waals surface area contributed by atoms with Crippen LogP contribution in [0.15, 0.2) is 18.3 Å². The molecule has 2 aliphatic rings. The van der Waals surface area contributed by atoms with Gasteiger partial charge in [0.1, 0.15) is 5.69 Å². The van der Waals surface area contributed by atoms with Crippen molar-refractivity contribution >= 4 is 11.6 Å². The molecule has 0 spiro atoms. The highest BCUT2D eigenvalue weighted by Crippen LogP contribution is 2.19. The highest BCUT2D eigenvalue weighted by molar-refractivity contribution is 5.92. The number of pyridine rings is 1. The Bertz CT molecular complexity index is 500. The van der Waals surface area contributed by atoms with E-state index in [4.69, 9.17) is 0 Å². The standard InChI is InChI=1S/C18H28N4O/c1-2-20-11-13-22(14-12-20)18(23)17-8-7-16(15-19-17)21-9-5-3-4-6-10-21/h7-8,15H,2-6,9-14H2,1H3. The lowest BCUT2D eigenvalue weighted by Crippen LogP contribution is -2.48. The first kappa shape index (κ1) is 16.2. The molecule has 126 valence electrons. The maximum atomic E-state index is 12.6. The van der Waals surface area contributed by atoms with Crippen LogP contribution in [0.25, 0.3) is 0 Å². The zero-order valence-corrected chi connectivity index (χ0v) is 14.2. The van der Waals surface area contributed by atoms with E-state index >= 15 is 0 Å². The van der Waals surface area contributed by atoms with Crippen LogP contribution in [-0.4, -0.2) is 66.5 Å². The third kappa shape index (κ3) is 4.02. The largest absolute Gasteiger partial charge is 0.370 e. The van der Waals surface area contributed by atoms with Gasteiger partial charge in [0, 0.05) is 39.3 Å². The van der Waals surface area contributed by atoms with Gasteiger partial charge in [-0.15, -0.1) is 0 Å². The van der Waals surface area contributed by atoms with E-state index in [0.717, 1.165) is 51.5 Å². The number of hydrogen-bond acceptors (Lipinski definition) is 4. The second-order valence-corrected chi connectivity index (χ2v) is 6.53. The molecular formula is C18H28N4O. The van der Waals surface area contributed by atoms with Crippen LogP contribution < -0.4 is 4.90 Å². The number of carbonyl (C=O) groups excluding carboxylic acids is 1. The molecule has 2 aliphatic heterocycles. The van der Waals surface area contributed by atoms with Crippen molar-refractivity contribution in [3.63, 3.8) is 0 Å². The lowest BCUT2D eigenvalue weighted by atomic mass is 10.2. The molecule has 5 nitrogen and oxygen atoms in total. The maximum absolute atomic E-state index is 12.6. The Balaban J connectivity index is 1.61. The number of likely N-dealkylation sites (N-methyl/N-ethyl adjacent to an activating group) is 1. The van der Waals surface area contributed by atoms with Gasteiger partial charge in [-0.25, -0.2) is 4.98 Å². The minimum Gasteiger partial charge on any atom is -0.370 e. The van der Waals surface area contributed by atoms with E-state index in [-0.39, 0.29) is 5.91 Å². The van der Waals surface area contributed by atoms with E-state index in [1.165, 1.54) is 25.7 Å². The van der Waals surface area contributed by atoms with Crippen molar-refractivity contribution in [3.8, 4) is 0 Å². The highest BCUT2D eigenvalue weighted by Gasteiger charge is 2.22. The van der Waals surface area contributed by atoms with Crippen LogP contribution in [0.1, 0.15) is 43.1 Å². The summed E-state index contributed by atoms with van der Waals surface area (Å²) in [6, 6.07) is 3.96. The fourth-order valence-corrected chi connectivity index (χ4v) is 3.46. The molecule has 0 bridgehead atoms. The molecule has 3 heterocycles. The summed E-state index contributed by atoms with van der Waals surface area (Å²) >= 11 is 0. The molecule has 0 radical (unpaired) electrons. The fourth-order valence-electron chi connectivity index (χ4n) is 3.46. The normalized spacial score (nSPS) is 20.4. The second kappa shape index (κ2) is 7.77. The van der Waals surface area contributed by atoms with Crippen LogP contribution in [0.3, 0.4) is 0 Å². The predicted octanol–water partition coefficient (Wildman–Crippen LogP) is 2.24. The van der Waals surface area contributed by atoms with Gasteiger partial charge in [0.05, 0.1) is 11.9 Å². The van der Waals surface area contributed by atoms with Crippen LogP contribution in [0.5, 0.6) is 0 Å². The molecule has 2 saturated heterocycles. The summed E-state index contributed by atoms with van der Waals surface area (Å²) in [6.45, 7) is 8.99. The Morgan fingerprint density at radius 1 is 1.00 bits per heavy atom. The number of rotatable bonds is 3. The van der Waals surface area contributed by atoms with Crippen molar-refractivity contribution in [2.75, 3.05) is 50.7 Å². The van der Waals surface area contributed by atoms with Crippen molar-refractivity contribution in [2.45, 2.75) is 32.6 Å². The van der Waals surface area contributed by atoms with Crippen LogP contribution >= 0.6 is 0 Å². The van der Waals surface area contributed by atoms with Gasteiger partial charge in [0.2, 0.25) is 0 Å². The third-order valence-corrected chi connectivity index (χ3v) is 5.04. The maximum Gasteiger partial charge on any atom is 0.272 e. The van der Waals surface area contributed by atoms with Gasteiger partial charge in [-0.3, -0.25) is 4.79 Å². The molecule has 0 aromatic carbocycles. The molecule has 2 fully saturated rings. The van der Waals surface area contributed by atoms with Crippen LogP contribution in [0.2, 0.25) is 0 Å². The average Bonchev–Trinajstić information content (AvgIpc) is 2.91. The molecule has 0 atom stereocenters. The number of hydrogen-bond donors (Lipinski definition) is 0. The number of nitrogens with zero attached hydrogens (tertiary/aromatic N) is 4. The summed E-state index contributed by atoms with van der Waals surface area (Å²) in [4.78, 5) is 23.7. The number of anilines is 1. The van der Waals surface area contributed by atoms with E-state index < -0.39 is 0 Å². The van der Waals surface area contributed by atoms with Gasteiger partial charge in [-0.05, 0) is 31.5 Å². The molecule has 0 aliphatic carbocycles. The predicted molar refractivity (Wildman–Crippen MR) is 92.9 cm³/mol. The number of carbonyl (C=O) groups is 1. The van der Waals surface area contributed by atoms with Gasteiger partial charge < -0.3 is 14.7 Å². The second-order valence-electron chi connectivity index (χ2n) is 6.53. The summed E-state index contributed by atoms with van der Waals surface area (Å²) in [5.74, 6) is 0.0724. The van der Waals surface area contributed by atoms with E-state index in [1.807, 2.05) is 17.2 Å². The minimum atomic E-state index is 0.0724. The first-order valence-corrected chi connectivity index (χ1v) is 9.00. The van der Waals surface area contributed by atoms with Crippen molar-refractivity contribution < 1.29 is 4.79 Å². The SMILES string of the molecule is CCN1CCN(C(=O)c2ccc(N3CCCCCC3)cn2)CC1. The first-order chi connectivity index (χ1) is 11.3. The van der Waals surface area contributed by atoms with Gasteiger partial charge in [-0.1, -0.05) is 19.8 Å². The quantitative estimate of drug-likeness (QED) is 0.857. The molecule has 23 heavy (non-hydrogen) atoms. The number of aromatic nitrogens is 1. The first-order valence-electron chi connectivity index (χ1n) is 9.00. The van der Waals surface area contributed by atoms with Gasteiger partial charge in [-0.2, -0.15) is 0 Å². The van der Waals surface area contributed by atoms with Crippen LogP contribution in [-0.2, 0) is 0 Å². The topological polar surface area (TPSA) is 39.7 Å². The van der Waals surface area contributed by atoms with Crippen molar-refractivity contribution in [2.24, 2.45) is 0 Å². The van der Waals surface area contributed by atoms with E-state index in [2.05, 4.69) is 27.8 Å². The fraction of sp³-hybridized carbons (Fsp3) is 0.667. The Kier molecular flexibility index (Phi) is 5.49. The molecule has 0 N–H and O–H groups in total. The molecular weight excluding hydrogens is 288 g/mol. The van der Waals surface area contributed by atoms with Crippen LogP contribution in [0.4, 0.5) is 5.69 Å². The lowest BCUT2D eigenvalue weighted by Gasteiger charge is -2.33. The molecule has 0 unspecified atom stereocenters. The molecule has 0 saturated carbocycles. The van der Waals surface area contributed by atoms with Crippen molar-refractivity contribution in [1.29, 1.82) is 0 Å².